The summed E-state index contributed by atoms with van der Waals surface area (Å²) in [7, 11) is 0. The van der Waals surface area contributed by atoms with E-state index in [4.69, 9.17) is 0 Å². The predicted molar refractivity (Wildman–Crippen MR) is 80.0 cm³/mol. The van der Waals surface area contributed by atoms with Crippen LogP contribution in [0.4, 0.5) is 0 Å². The van der Waals surface area contributed by atoms with Gasteiger partial charge in [0.05, 0.1) is 11.9 Å². The second-order valence-corrected chi connectivity index (χ2v) is 4.64. The summed E-state index contributed by atoms with van der Waals surface area (Å²) in [6.07, 6.45) is 1.57. The van der Waals surface area contributed by atoms with Gasteiger partial charge >= 0.3 is 0 Å². The van der Waals surface area contributed by atoms with Gasteiger partial charge in [0.25, 0.3) is 5.56 Å². The molecule has 1 aromatic heterocycles. The molecule has 1 heterocycles. The van der Waals surface area contributed by atoms with Gasteiger partial charge in [-0.3, -0.25) is 9.59 Å². The van der Waals surface area contributed by atoms with Crippen molar-refractivity contribution in [3.8, 4) is 0 Å². The largest absolute Gasteiger partial charge is 0.310 e. The molecule has 0 aliphatic heterocycles. The standard InChI is InChI=1S/C17H13NO2/c19-16-10-11-18(12-13-6-2-1-3-7-13)17(20)15-9-5-4-8-14(15)16/h1-11H,12H2. The van der Waals surface area contributed by atoms with E-state index in [9.17, 15) is 9.59 Å². The molecule has 3 aromatic rings. The zero-order chi connectivity index (χ0) is 13.9. The molecular formula is C17H13NO2. The second-order valence-electron chi connectivity index (χ2n) is 4.64. The zero-order valence-corrected chi connectivity index (χ0v) is 10.8. The van der Waals surface area contributed by atoms with E-state index in [0.29, 0.717) is 17.3 Å². The first-order chi connectivity index (χ1) is 9.75. The maximum atomic E-state index is 12.5. The Hall–Kier alpha value is -2.68. The molecule has 2 aromatic carbocycles. The first-order valence-electron chi connectivity index (χ1n) is 6.42. The molecule has 0 aliphatic rings. The summed E-state index contributed by atoms with van der Waals surface area (Å²) < 4.78 is 1.57. The molecule has 0 amide bonds. The topological polar surface area (TPSA) is 39.1 Å². The Kier molecular flexibility index (Phi) is 3.17. The highest BCUT2D eigenvalue weighted by Crippen LogP contribution is 2.04. The van der Waals surface area contributed by atoms with Crippen molar-refractivity contribution in [2.24, 2.45) is 0 Å². The van der Waals surface area contributed by atoms with Gasteiger partial charge < -0.3 is 4.57 Å². The molecule has 0 saturated carbocycles. The Morgan fingerprint density at radius 2 is 1.40 bits per heavy atom. The molecule has 3 nitrogen and oxygen atoms in total. The van der Waals surface area contributed by atoms with Crippen molar-refractivity contribution in [2.45, 2.75) is 6.54 Å². The molecule has 0 saturated heterocycles. The van der Waals surface area contributed by atoms with Crippen LogP contribution in [0.25, 0.3) is 10.8 Å². The van der Waals surface area contributed by atoms with E-state index in [-0.39, 0.29) is 11.0 Å². The predicted octanol–water partition coefficient (Wildman–Crippen LogP) is 2.41. The van der Waals surface area contributed by atoms with Crippen LogP contribution in [0.1, 0.15) is 5.56 Å². The van der Waals surface area contributed by atoms with Gasteiger partial charge in [0, 0.05) is 17.6 Å². The Morgan fingerprint density at radius 1 is 0.750 bits per heavy atom. The summed E-state index contributed by atoms with van der Waals surface area (Å²) >= 11 is 0. The lowest BCUT2D eigenvalue weighted by Crippen LogP contribution is -2.17. The fraction of sp³-hybridized carbons (Fsp3) is 0.0588. The SMILES string of the molecule is O=c1ccn(Cc2ccccc2)c(=O)c2ccccc12. The number of nitrogens with zero attached hydrogens (tertiary/aromatic N) is 1. The van der Waals surface area contributed by atoms with Crippen molar-refractivity contribution in [1.82, 2.24) is 4.57 Å². The molecule has 0 aliphatic carbocycles. The lowest BCUT2D eigenvalue weighted by Gasteiger charge is -2.03. The Bertz CT molecular complexity index is 867. The van der Waals surface area contributed by atoms with Crippen LogP contribution in [0.2, 0.25) is 0 Å². The molecule has 0 fully saturated rings. The molecule has 0 atom stereocenters. The Balaban J connectivity index is 2.24. The van der Waals surface area contributed by atoms with Crippen LogP contribution in [0.3, 0.4) is 0 Å². The third-order valence-corrected chi connectivity index (χ3v) is 3.29. The lowest BCUT2D eigenvalue weighted by atomic mass is 10.2. The monoisotopic (exact) mass is 263 g/mol. The van der Waals surface area contributed by atoms with Gasteiger partial charge in [0.15, 0.2) is 5.43 Å². The van der Waals surface area contributed by atoms with E-state index in [2.05, 4.69) is 0 Å². The van der Waals surface area contributed by atoms with Crippen LogP contribution >= 0.6 is 0 Å². The molecule has 0 bridgehead atoms. The highest BCUT2D eigenvalue weighted by molar-refractivity contribution is 5.80. The van der Waals surface area contributed by atoms with E-state index >= 15 is 0 Å². The minimum absolute atomic E-state index is 0.135. The molecule has 0 N–H and O–H groups in total. The highest BCUT2D eigenvalue weighted by atomic mass is 16.1. The van der Waals surface area contributed by atoms with E-state index in [1.807, 2.05) is 30.3 Å². The van der Waals surface area contributed by atoms with Gasteiger partial charge in [0.2, 0.25) is 0 Å². The molecule has 0 radical (unpaired) electrons. The third-order valence-electron chi connectivity index (χ3n) is 3.29. The van der Waals surface area contributed by atoms with E-state index in [1.54, 1.807) is 35.0 Å². The molecule has 3 heteroatoms. The van der Waals surface area contributed by atoms with Crippen molar-refractivity contribution >= 4 is 10.8 Å². The first-order valence-corrected chi connectivity index (χ1v) is 6.42. The van der Waals surface area contributed by atoms with Crippen molar-refractivity contribution in [2.75, 3.05) is 0 Å². The quantitative estimate of drug-likeness (QED) is 0.712. The van der Waals surface area contributed by atoms with Crippen LogP contribution < -0.4 is 11.0 Å². The first kappa shape index (κ1) is 12.4. The number of hydrogen-bond donors (Lipinski definition) is 0. The average Bonchev–Trinajstić information content (AvgIpc) is 2.61. The summed E-state index contributed by atoms with van der Waals surface area (Å²) in [5, 5.41) is 0.919. The van der Waals surface area contributed by atoms with Crippen LogP contribution in [-0.4, -0.2) is 4.57 Å². The maximum absolute atomic E-state index is 12.5. The Morgan fingerprint density at radius 3 is 2.15 bits per heavy atom. The second kappa shape index (κ2) is 5.13. The smallest absolute Gasteiger partial charge is 0.258 e. The summed E-state index contributed by atoms with van der Waals surface area (Å²) in [6.45, 7) is 0.456. The fourth-order valence-corrected chi connectivity index (χ4v) is 2.26. The zero-order valence-electron chi connectivity index (χ0n) is 10.8. The van der Waals surface area contributed by atoms with Gasteiger partial charge in [-0.2, -0.15) is 0 Å². The van der Waals surface area contributed by atoms with Gasteiger partial charge in [-0.05, 0) is 11.6 Å². The number of fused-ring (bicyclic) bond motifs is 1. The summed E-state index contributed by atoms with van der Waals surface area (Å²) in [4.78, 5) is 24.5. The molecule has 0 spiro atoms. The van der Waals surface area contributed by atoms with Gasteiger partial charge in [-0.15, -0.1) is 0 Å². The van der Waals surface area contributed by atoms with Crippen molar-refractivity contribution in [1.29, 1.82) is 0 Å². The van der Waals surface area contributed by atoms with Crippen LogP contribution in [-0.2, 0) is 6.54 Å². The highest BCUT2D eigenvalue weighted by Gasteiger charge is 2.03. The summed E-state index contributed by atoms with van der Waals surface area (Å²) in [5.41, 5.74) is 0.744. The van der Waals surface area contributed by atoms with E-state index < -0.39 is 0 Å². The summed E-state index contributed by atoms with van der Waals surface area (Å²) in [5.74, 6) is 0. The number of benzene rings is 2. The average molecular weight is 263 g/mol. The van der Waals surface area contributed by atoms with Crippen molar-refractivity contribution in [3.05, 3.63) is 93.0 Å². The van der Waals surface area contributed by atoms with Gasteiger partial charge in [0.1, 0.15) is 0 Å². The number of rotatable bonds is 2. The Labute approximate surface area is 115 Å². The third kappa shape index (κ3) is 2.26. The molecule has 3 rings (SSSR count). The molecule has 98 valence electrons. The number of hydrogen-bond acceptors (Lipinski definition) is 2. The molecular weight excluding hydrogens is 250 g/mol. The minimum Gasteiger partial charge on any atom is -0.310 e. The normalized spacial score (nSPS) is 10.6. The van der Waals surface area contributed by atoms with Crippen LogP contribution in [0.5, 0.6) is 0 Å². The maximum Gasteiger partial charge on any atom is 0.258 e. The van der Waals surface area contributed by atoms with Crippen LogP contribution in [0, 0.1) is 0 Å². The fourth-order valence-electron chi connectivity index (χ4n) is 2.26. The van der Waals surface area contributed by atoms with Gasteiger partial charge in [-0.25, -0.2) is 0 Å². The molecule has 20 heavy (non-hydrogen) atoms. The van der Waals surface area contributed by atoms with E-state index in [0.717, 1.165) is 5.56 Å². The van der Waals surface area contributed by atoms with Gasteiger partial charge in [-0.1, -0.05) is 48.5 Å². The van der Waals surface area contributed by atoms with E-state index in [1.165, 1.54) is 6.07 Å². The number of aromatic nitrogens is 1. The molecule has 0 unspecified atom stereocenters. The summed E-state index contributed by atoms with van der Waals surface area (Å²) in [6, 6.07) is 18.1. The van der Waals surface area contributed by atoms with Crippen molar-refractivity contribution < 1.29 is 0 Å². The lowest BCUT2D eigenvalue weighted by molar-refractivity contribution is 0.771. The van der Waals surface area contributed by atoms with Crippen molar-refractivity contribution in [3.63, 3.8) is 0 Å². The minimum atomic E-state index is -0.147. The van der Waals surface area contributed by atoms with Crippen LogP contribution in [0.15, 0.2) is 76.4 Å².